The maximum Gasteiger partial charge on any atom is 0.325 e. The van der Waals surface area contributed by atoms with Crippen molar-refractivity contribution < 1.29 is 14.4 Å². The molecule has 0 aromatic heterocycles. The van der Waals surface area contributed by atoms with Crippen molar-refractivity contribution in [3.05, 3.63) is 0 Å². The van der Waals surface area contributed by atoms with Crippen LogP contribution in [0.15, 0.2) is 0 Å². The Morgan fingerprint density at radius 3 is 2.32 bits per heavy atom. The molecule has 1 heterocycles. The van der Waals surface area contributed by atoms with Gasteiger partial charge < -0.3 is 9.80 Å². The van der Waals surface area contributed by atoms with E-state index in [1.807, 2.05) is 0 Å². The number of carbonyl (C=O) groups excluding carboxylic acids is 3. The van der Waals surface area contributed by atoms with Gasteiger partial charge in [0.1, 0.15) is 12.1 Å². The SMILES string of the molecule is CN(C)C(=O)CN1C(=O)NC(=O)C12CCCCCC2. The van der Waals surface area contributed by atoms with Gasteiger partial charge in [0, 0.05) is 14.1 Å². The molecule has 2 fully saturated rings. The van der Waals surface area contributed by atoms with Gasteiger partial charge in [-0.15, -0.1) is 0 Å². The van der Waals surface area contributed by atoms with Crippen LogP contribution >= 0.6 is 0 Å². The van der Waals surface area contributed by atoms with Crippen molar-refractivity contribution in [2.75, 3.05) is 20.6 Å². The molecule has 0 atom stereocenters. The van der Waals surface area contributed by atoms with E-state index < -0.39 is 11.6 Å². The largest absolute Gasteiger partial charge is 0.347 e. The number of hydrogen-bond donors (Lipinski definition) is 1. The van der Waals surface area contributed by atoms with Crippen molar-refractivity contribution in [2.24, 2.45) is 0 Å². The number of carbonyl (C=O) groups is 3. The van der Waals surface area contributed by atoms with Gasteiger partial charge in [-0.3, -0.25) is 14.9 Å². The number of amides is 4. The zero-order valence-electron chi connectivity index (χ0n) is 11.6. The number of hydrogen-bond acceptors (Lipinski definition) is 3. The highest BCUT2D eigenvalue weighted by Crippen LogP contribution is 2.35. The Labute approximate surface area is 113 Å². The van der Waals surface area contributed by atoms with Crippen molar-refractivity contribution in [1.82, 2.24) is 15.1 Å². The van der Waals surface area contributed by atoms with Crippen LogP contribution in [-0.2, 0) is 9.59 Å². The minimum Gasteiger partial charge on any atom is -0.347 e. The molecule has 4 amide bonds. The fraction of sp³-hybridized carbons (Fsp3) is 0.769. The molecule has 1 spiro atoms. The molecule has 6 nitrogen and oxygen atoms in total. The average molecular weight is 267 g/mol. The van der Waals surface area contributed by atoms with E-state index in [1.165, 1.54) is 9.80 Å². The minimum absolute atomic E-state index is 0.0232. The van der Waals surface area contributed by atoms with Gasteiger partial charge in [0.05, 0.1) is 0 Å². The van der Waals surface area contributed by atoms with Gasteiger partial charge in [-0.1, -0.05) is 25.7 Å². The van der Waals surface area contributed by atoms with Crippen molar-refractivity contribution in [2.45, 2.75) is 44.1 Å². The Morgan fingerprint density at radius 2 is 1.79 bits per heavy atom. The molecule has 2 aliphatic rings. The number of urea groups is 1. The third kappa shape index (κ3) is 2.43. The number of likely N-dealkylation sites (N-methyl/N-ethyl adjacent to an activating group) is 1. The van der Waals surface area contributed by atoms with Gasteiger partial charge in [0.2, 0.25) is 5.91 Å². The van der Waals surface area contributed by atoms with E-state index in [0.29, 0.717) is 12.8 Å². The molecule has 1 N–H and O–H groups in total. The van der Waals surface area contributed by atoms with E-state index in [0.717, 1.165) is 25.7 Å². The van der Waals surface area contributed by atoms with Crippen LogP contribution in [-0.4, -0.2) is 53.8 Å². The van der Waals surface area contributed by atoms with Crippen LogP contribution in [0.2, 0.25) is 0 Å². The van der Waals surface area contributed by atoms with Crippen LogP contribution in [0.5, 0.6) is 0 Å². The second-order valence-electron chi connectivity index (χ2n) is 5.58. The fourth-order valence-electron chi connectivity index (χ4n) is 2.91. The van der Waals surface area contributed by atoms with Gasteiger partial charge in [0.25, 0.3) is 5.91 Å². The minimum atomic E-state index is -0.792. The van der Waals surface area contributed by atoms with Gasteiger partial charge in [0.15, 0.2) is 0 Å². The normalized spacial score (nSPS) is 22.3. The Morgan fingerprint density at radius 1 is 1.21 bits per heavy atom. The molecule has 1 aliphatic heterocycles. The van der Waals surface area contributed by atoms with Crippen LogP contribution in [0.1, 0.15) is 38.5 Å². The van der Waals surface area contributed by atoms with Crippen molar-refractivity contribution in [3.63, 3.8) is 0 Å². The van der Waals surface area contributed by atoms with Gasteiger partial charge in [-0.2, -0.15) is 0 Å². The standard InChI is InChI=1S/C13H21N3O3/c1-15(2)10(17)9-16-12(19)14-11(18)13(16)7-5-3-4-6-8-13/h3-9H2,1-2H3,(H,14,18,19). The smallest absolute Gasteiger partial charge is 0.325 e. The number of imide groups is 1. The second-order valence-corrected chi connectivity index (χ2v) is 5.58. The van der Waals surface area contributed by atoms with Crippen LogP contribution in [0.25, 0.3) is 0 Å². The molecule has 0 aromatic carbocycles. The van der Waals surface area contributed by atoms with E-state index in [4.69, 9.17) is 0 Å². The molecule has 0 radical (unpaired) electrons. The predicted octanol–water partition coefficient (Wildman–Crippen LogP) is 0.719. The first-order valence-electron chi connectivity index (χ1n) is 6.80. The molecular formula is C13H21N3O3. The Balaban J connectivity index is 2.24. The Hall–Kier alpha value is -1.59. The highest BCUT2D eigenvalue weighted by Gasteiger charge is 2.52. The molecule has 6 heteroatoms. The van der Waals surface area contributed by atoms with Crippen LogP contribution in [0.3, 0.4) is 0 Å². The first kappa shape index (κ1) is 13.8. The van der Waals surface area contributed by atoms with Gasteiger partial charge in [-0.25, -0.2) is 4.79 Å². The molecule has 0 bridgehead atoms. The molecular weight excluding hydrogens is 246 g/mol. The van der Waals surface area contributed by atoms with Crippen molar-refractivity contribution >= 4 is 17.8 Å². The molecule has 106 valence electrons. The lowest BCUT2D eigenvalue weighted by Gasteiger charge is -2.34. The summed E-state index contributed by atoms with van der Waals surface area (Å²) >= 11 is 0. The molecule has 0 aromatic rings. The summed E-state index contributed by atoms with van der Waals surface area (Å²) in [5.41, 5.74) is -0.792. The van der Waals surface area contributed by atoms with Crippen LogP contribution < -0.4 is 5.32 Å². The number of nitrogens with zero attached hydrogens (tertiary/aromatic N) is 2. The molecule has 1 saturated carbocycles. The quantitative estimate of drug-likeness (QED) is 0.749. The summed E-state index contributed by atoms with van der Waals surface area (Å²) in [5, 5.41) is 2.38. The molecule has 1 aliphatic carbocycles. The maximum atomic E-state index is 12.2. The summed E-state index contributed by atoms with van der Waals surface area (Å²) < 4.78 is 0. The average Bonchev–Trinajstić information content (AvgIpc) is 2.56. The van der Waals surface area contributed by atoms with Gasteiger partial charge in [-0.05, 0) is 12.8 Å². The summed E-state index contributed by atoms with van der Waals surface area (Å²) in [7, 11) is 3.30. The summed E-state index contributed by atoms with van der Waals surface area (Å²) in [6.07, 6.45) is 5.33. The van der Waals surface area contributed by atoms with E-state index in [1.54, 1.807) is 14.1 Å². The van der Waals surface area contributed by atoms with Crippen LogP contribution in [0, 0.1) is 0 Å². The lowest BCUT2D eigenvalue weighted by Crippen LogP contribution is -2.52. The zero-order valence-corrected chi connectivity index (χ0v) is 11.6. The zero-order chi connectivity index (χ0) is 14.0. The first-order chi connectivity index (χ1) is 8.97. The van der Waals surface area contributed by atoms with E-state index in [-0.39, 0.29) is 18.4 Å². The Bertz CT molecular complexity index is 398. The molecule has 0 unspecified atom stereocenters. The third-order valence-corrected chi connectivity index (χ3v) is 4.13. The second kappa shape index (κ2) is 5.19. The van der Waals surface area contributed by atoms with Crippen LogP contribution in [0.4, 0.5) is 4.79 Å². The lowest BCUT2D eigenvalue weighted by molar-refractivity contribution is -0.132. The highest BCUT2D eigenvalue weighted by molar-refractivity contribution is 6.08. The summed E-state index contributed by atoms with van der Waals surface area (Å²) in [4.78, 5) is 38.9. The molecule has 2 rings (SSSR count). The maximum absolute atomic E-state index is 12.2. The number of nitrogens with one attached hydrogen (secondary N) is 1. The first-order valence-corrected chi connectivity index (χ1v) is 6.80. The summed E-state index contributed by atoms with van der Waals surface area (Å²) in [6, 6.07) is -0.429. The fourth-order valence-corrected chi connectivity index (χ4v) is 2.91. The van der Waals surface area contributed by atoms with Crippen molar-refractivity contribution in [3.8, 4) is 0 Å². The molecule has 1 saturated heterocycles. The Kier molecular flexibility index (Phi) is 3.78. The van der Waals surface area contributed by atoms with E-state index in [9.17, 15) is 14.4 Å². The van der Waals surface area contributed by atoms with Gasteiger partial charge >= 0.3 is 6.03 Å². The third-order valence-electron chi connectivity index (χ3n) is 4.13. The van der Waals surface area contributed by atoms with E-state index >= 15 is 0 Å². The topological polar surface area (TPSA) is 69.7 Å². The lowest BCUT2D eigenvalue weighted by atomic mass is 9.88. The van der Waals surface area contributed by atoms with Crippen molar-refractivity contribution in [1.29, 1.82) is 0 Å². The molecule has 19 heavy (non-hydrogen) atoms. The predicted molar refractivity (Wildman–Crippen MR) is 69.4 cm³/mol. The monoisotopic (exact) mass is 267 g/mol. The highest BCUT2D eigenvalue weighted by atomic mass is 16.2. The summed E-state index contributed by atoms with van der Waals surface area (Å²) in [6.45, 7) is -0.0232. The number of rotatable bonds is 2. The summed E-state index contributed by atoms with van der Waals surface area (Å²) in [5.74, 6) is -0.389. The van der Waals surface area contributed by atoms with E-state index in [2.05, 4.69) is 5.32 Å².